The lowest BCUT2D eigenvalue weighted by Gasteiger charge is -2.15. The summed E-state index contributed by atoms with van der Waals surface area (Å²) in [6.45, 7) is 7.33. The van der Waals surface area contributed by atoms with Crippen molar-refractivity contribution in [2.24, 2.45) is 5.92 Å². The number of carbonyl (C=O) groups excluding carboxylic acids is 2. The highest BCUT2D eigenvalue weighted by atomic mass is 16.2. The molecule has 0 heterocycles. The van der Waals surface area contributed by atoms with Crippen LogP contribution in [-0.2, 0) is 22.6 Å². The highest BCUT2D eigenvalue weighted by molar-refractivity contribution is 6.35. The first-order valence-corrected chi connectivity index (χ1v) is 8.74. The number of nitrogens with one attached hydrogen (secondary N) is 2. The number of unbranched alkanes of at least 4 members (excludes halogenated alkanes) is 1. The van der Waals surface area contributed by atoms with Crippen LogP contribution in [0.1, 0.15) is 57.6 Å². The average molecular weight is 318 g/mol. The van der Waals surface area contributed by atoms with E-state index in [-0.39, 0.29) is 0 Å². The molecule has 0 fully saturated rings. The molecular weight excluding hydrogens is 288 g/mol. The molecule has 0 saturated heterocycles. The summed E-state index contributed by atoms with van der Waals surface area (Å²) in [7, 11) is 0. The fraction of sp³-hybridized carbons (Fsp3) is 0.579. The second kappa shape index (κ2) is 10.8. The van der Waals surface area contributed by atoms with Crippen molar-refractivity contribution in [2.75, 3.05) is 6.54 Å². The zero-order valence-corrected chi connectivity index (χ0v) is 14.7. The van der Waals surface area contributed by atoms with Gasteiger partial charge < -0.3 is 10.6 Å². The van der Waals surface area contributed by atoms with Gasteiger partial charge >= 0.3 is 11.8 Å². The van der Waals surface area contributed by atoms with Gasteiger partial charge in [0.25, 0.3) is 0 Å². The minimum Gasteiger partial charge on any atom is -0.348 e. The van der Waals surface area contributed by atoms with Crippen LogP contribution in [0.25, 0.3) is 0 Å². The molecule has 1 aromatic carbocycles. The quantitative estimate of drug-likeness (QED) is 0.687. The van der Waals surface area contributed by atoms with Gasteiger partial charge in [0, 0.05) is 13.1 Å². The van der Waals surface area contributed by atoms with E-state index in [0.29, 0.717) is 19.0 Å². The number of amides is 2. The molecule has 0 aliphatic carbocycles. The van der Waals surface area contributed by atoms with Crippen LogP contribution in [0.2, 0.25) is 0 Å². The fourth-order valence-electron chi connectivity index (χ4n) is 2.42. The molecule has 0 spiro atoms. The van der Waals surface area contributed by atoms with Crippen molar-refractivity contribution in [1.29, 1.82) is 0 Å². The summed E-state index contributed by atoms with van der Waals surface area (Å²) >= 11 is 0. The number of carbonyl (C=O) groups is 2. The minimum absolute atomic E-state index is 0.378. The van der Waals surface area contributed by atoms with E-state index in [1.54, 1.807) is 0 Å². The smallest absolute Gasteiger partial charge is 0.309 e. The Morgan fingerprint density at radius 2 is 1.57 bits per heavy atom. The van der Waals surface area contributed by atoms with Gasteiger partial charge in [0.15, 0.2) is 0 Å². The molecule has 4 heteroatoms. The first kappa shape index (κ1) is 19.2. The SMILES string of the molecule is CCCC[C@H](CC)CNC(=O)C(=O)NCc1ccc(CC)cc1. The summed E-state index contributed by atoms with van der Waals surface area (Å²) in [5.41, 5.74) is 2.26. The van der Waals surface area contributed by atoms with Gasteiger partial charge in [0.1, 0.15) is 0 Å². The Bertz CT molecular complexity index is 483. The molecule has 0 radical (unpaired) electrons. The second-order valence-corrected chi connectivity index (χ2v) is 5.98. The molecule has 0 bridgehead atoms. The Morgan fingerprint density at radius 3 is 2.13 bits per heavy atom. The van der Waals surface area contributed by atoms with Crippen LogP contribution in [0.15, 0.2) is 24.3 Å². The summed E-state index contributed by atoms with van der Waals surface area (Å²) in [5, 5.41) is 5.42. The van der Waals surface area contributed by atoms with E-state index < -0.39 is 11.8 Å². The summed E-state index contributed by atoms with van der Waals surface area (Å²) in [5.74, 6) is -0.645. The van der Waals surface area contributed by atoms with E-state index in [0.717, 1.165) is 37.7 Å². The van der Waals surface area contributed by atoms with Crippen molar-refractivity contribution in [3.8, 4) is 0 Å². The second-order valence-electron chi connectivity index (χ2n) is 5.98. The van der Waals surface area contributed by atoms with E-state index in [1.165, 1.54) is 5.56 Å². The van der Waals surface area contributed by atoms with Crippen LogP contribution in [0, 0.1) is 5.92 Å². The Hall–Kier alpha value is -1.84. The van der Waals surface area contributed by atoms with E-state index in [4.69, 9.17) is 0 Å². The fourth-order valence-corrected chi connectivity index (χ4v) is 2.42. The molecule has 128 valence electrons. The molecule has 23 heavy (non-hydrogen) atoms. The third kappa shape index (κ3) is 7.31. The van der Waals surface area contributed by atoms with E-state index in [2.05, 4.69) is 31.4 Å². The molecular formula is C19H30N2O2. The molecule has 2 amide bonds. The molecule has 0 aliphatic rings. The number of hydrogen-bond acceptors (Lipinski definition) is 2. The molecule has 0 unspecified atom stereocenters. The van der Waals surface area contributed by atoms with Crippen molar-refractivity contribution in [3.05, 3.63) is 35.4 Å². The van der Waals surface area contributed by atoms with E-state index >= 15 is 0 Å². The van der Waals surface area contributed by atoms with Crippen molar-refractivity contribution in [2.45, 2.75) is 59.4 Å². The molecule has 4 nitrogen and oxygen atoms in total. The van der Waals surface area contributed by atoms with Crippen molar-refractivity contribution in [1.82, 2.24) is 10.6 Å². The van der Waals surface area contributed by atoms with Gasteiger partial charge in [-0.2, -0.15) is 0 Å². The van der Waals surface area contributed by atoms with Gasteiger partial charge in [-0.1, -0.05) is 64.3 Å². The molecule has 0 aliphatic heterocycles. The molecule has 1 aromatic rings. The average Bonchev–Trinajstić information content (AvgIpc) is 2.60. The van der Waals surface area contributed by atoms with Gasteiger partial charge in [-0.15, -0.1) is 0 Å². The largest absolute Gasteiger partial charge is 0.348 e. The molecule has 2 N–H and O–H groups in total. The number of rotatable bonds is 9. The predicted molar refractivity (Wildman–Crippen MR) is 94.0 cm³/mol. The Morgan fingerprint density at radius 1 is 0.957 bits per heavy atom. The molecule has 1 atom stereocenters. The first-order valence-electron chi connectivity index (χ1n) is 8.74. The van der Waals surface area contributed by atoms with Crippen LogP contribution in [0.5, 0.6) is 0 Å². The van der Waals surface area contributed by atoms with Crippen molar-refractivity contribution < 1.29 is 9.59 Å². The highest BCUT2D eigenvalue weighted by Gasteiger charge is 2.14. The highest BCUT2D eigenvalue weighted by Crippen LogP contribution is 2.11. The lowest BCUT2D eigenvalue weighted by molar-refractivity contribution is -0.139. The van der Waals surface area contributed by atoms with Crippen LogP contribution in [0.4, 0.5) is 0 Å². The Labute approximate surface area is 140 Å². The predicted octanol–water partition coefficient (Wildman–Crippen LogP) is 3.20. The number of aryl methyl sites for hydroxylation is 1. The number of benzene rings is 1. The maximum Gasteiger partial charge on any atom is 0.309 e. The Kier molecular flexibility index (Phi) is 9.03. The lowest BCUT2D eigenvalue weighted by Crippen LogP contribution is -2.41. The van der Waals surface area contributed by atoms with Crippen LogP contribution in [-0.4, -0.2) is 18.4 Å². The third-order valence-corrected chi connectivity index (χ3v) is 4.19. The van der Waals surface area contributed by atoms with Crippen LogP contribution < -0.4 is 10.6 Å². The summed E-state index contributed by atoms with van der Waals surface area (Å²) in [6, 6.07) is 8.05. The summed E-state index contributed by atoms with van der Waals surface area (Å²) < 4.78 is 0. The Balaban J connectivity index is 2.33. The van der Waals surface area contributed by atoms with Crippen molar-refractivity contribution >= 4 is 11.8 Å². The van der Waals surface area contributed by atoms with E-state index in [1.807, 2.05) is 24.3 Å². The minimum atomic E-state index is -0.560. The summed E-state index contributed by atoms with van der Waals surface area (Å²) in [6.07, 6.45) is 5.42. The topological polar surface area (TPSA) is 58.2 Å². The van der Waals surface area contributed by atoms with Crippen LogP contribution >= 0.6 is 0 Å². The maximum atomic E-state index is 11.8. The lowest BCUT2D eigenvalue weighted by atomic mass is 9.99. The van der Waals surface area contributed by atoms with Crippen LogP contribution in [0.3, 0.4) is 0 Å². The van der Waals surface area contributed by atoms with Gasteiger partial charge in [0.2, 0.25) is 0 Å². The van der Waals surface area contributed by atoms with Gasteiger partial charge in [-0.25, -0.2) is 0 Å². The molecule has 0 aromatic heterocycles. The van der Waals surface area contributed by atoms with Gasteiger partial charge in [-0.05, 0) is 29.9 Å². The zero-order chi connectivity index (χ0) is 17.1. The monoisotopic (exact) mass is 318 g/mol. The van der Waals surface area contributed by atoms with Gasteiger partial charge in [-0.3, -0.25) is 9.59 Å². The summed E-state index contributed by atoms with van der Waals surface area (Å²) in [4.78, 5) is 23.7. The third-order valence-electron chi connectivity index (χ3n) is 4.19. The standard InChI is InChI=1S/C19H30N2O2/c1-4-7-8-16(6-3)13-20-18(22)19(23)21-14-17-11-9-15(5-2)10-12-17/h9-12,16H,4-8,13-14H2,1-3H3,(H,20,22)(H,21,23)/t16-/m0/s1. The zero-order valence-electron chi connectivity index (χ0n) is 14.7. The maximum absolute atomic E-state index is 11.8. The van der Waals surface area contributed by atoms with Gasteiger partial charge in [0.05, 0.1) is 0 Å². The van der Waals surface area contributed by atoms with E-state index in [9.17, 15) is 9.59 Å². The number of hydrogen-bond donors (Lipinski definition) is 2. The normalized spacial score (nSPS) is 11.8. The molecule has 0 saturated carbocycles. The molecule has 1 rings (SSSR count). The first-order chi connectivity index (χ1) is 11.1. The van der Waals surface area contributed by atoms with Crippen molar-refractivity contribution in [3.63, 3.8) is 0 Å².